The molecule has 0 spiro atoms. The van der Waals surface area contributed by atoms with Crippen LogP contribution in [0.1, 0.15) is 32.1 Å². The first kappa shape index (κ1) is 13.4. The summed E-state index contributed by atoms with van der Waals surface area (Å²) in [5, 5.41) is 4.13. The van der Waals surface area contributed by atoms with Gasteiger partial charge in [-0.2, -0.15) is 11.8 Å². The molecule has 1 rings (SSSR count). The van der Waals surface area contributed by atoms with Gasteiger partial charge < -0.3 is 5.32 Å². The molecule has 1 fully saturated rings. The Kier molecular flexibility index (Phi) is 7.53. The number of halogens is 1. The van der Waals surface area contributed by atoms with Crippen molar-refractivity contribution in [2.75, 3.05) is 23.4 Å². The lowest BCUT2D eigenvalue weighted by Crippen LogP contribution is -2.31. The van der Waals surface area contributed by atoms with E-state index in [0.29, 0.717) is 0 Å². The number of thioether (sulfide) groups is 1. The second-order valence-corrected chi connectivity index (χ2v) is 5.90. The summed E-state index contributed by atoms with van der Waals surface area (Å²) in [6.45, 7) is 0.863. The van der Waals surface area contributed by atoms with Crippen LogP contribution < -0.4 is 5.32 Å². The van der Waals surface area contributed by atoms with Gasteiger partial charge in [0.2, 0.25) is 5.91 Å². The van der Waals surface area contributed by atoms with E-state index in [1.165, 1.54) is 19.3 Å². The molecule has 0 aromatic heterocycles. The fourth-order valence-electron chi connectivity index (χ4n) is 1.67. The van der Waals surface area contributed by atoms with Crippen LogP contribution in [-0.4, -0.2) is 29.3 Å². The van der Waals surface area contributed by atoms with Crippen LogP contribution >= 0.6 is 27.7 Å². The second-order valence-electron chi connectivity index (χ2n) is 3.95. The number of carbonyl (C=O) groups excluding carboxylic acids is 1. The molecular weight excluding hydrogens is 274 g/mol. The van der Waals surface area contributed by atoms with Gasteiger partial charge in [0.15, 0.2) is 0 Å². The van der Waals surface area contributed by atoms with E-state index in [-0.39, 0.29) is 11.8 Å². The maximum atomic E-state index is 11.6. The van der Waals surface area contributed by atoms with Crippen LogP contribution in [0.2, 0.25) is 0 Å². The third-order valence-corrected chi connectivity index (χ3v) is 4.38. The highest BCUT2D eigenvalue weighted by molar-refractivity contribution is 9.09. The van der Waals surface area contributed by atoms with Crippen molar-refractivity contribution in [3.05, 3.63) is 0 Å². The van der Waals surface area contributed by atoms with Gasteiger partial charge >= 0.3 is 0 Å². The Morgan fingerprint density at radius 3 is 2.80 bits per heavy atom. The number of hydrogen-bond donors (Lipinski definition) is 1. The predicted octanol–water partition coefficient (Wildman–Crippen LogP) is 2.81. The van der Waals surface area contributed by atoms with Crippen LogP contribution in [0.25, 0.3) is 0 Å². The molecule has 1 saturated heterocycles. The number of alkyl halides is 1. The average Bonchev–Trinajstić information content (AvgIpc) is 2.76. The summed E-state index contributed by atoms with van der Waals surface area (Å²) in [5.41, 5.74) is 0. The molecule has 0 bridgehead atoms. The summed E-state index contributed by atoms with van der Waals surface area (Å²) >= 11 is 5.31. The van der Waals surface area contributed by atoms with Crippen molar-refractivity contribution in [2.45, 2.75) is 32.1 Å². The minimum Gasteiger partial charge on any atom is -0.356 e. The van der Waals surface area contributed by atoms with Gasteiger partial charge in [0.05, 0.1) is 0 Å². The van der Waals surface area contributed by atoms with Crippen molar-refractivity contribution >= 4 is 33.6 Å². The third kappa shape index (κ3) is 5.81. The summed E-state index contributed by atoms with van der Waals surface area (Å²) in [7, 11) is 0. The molecule has 1 heterocycles. The fraction of sp³-hybridized carbons (Fsp3) is 0.909. The molecule has 1 amide bonds. The third-order valence-electron chi connectivity index (χ3n) is 2.66. The van der Waals surface area contributed by atoms with E-state index in [2.05, 4.69) is 21.2 Å². The van der Waals surface area contributed by atoms with E-state index < -0.39 is 0 Å². The molecule has 0 aliphatic carbocycles. The van der Waals surface area contributed by atoms with E-state index in [4.69, 9.17) is 0 Å². The predicted molar refractivity (Wildman–Crippen MR) is 70.7 cm³/mol. The van der Waals surface area contributed by atoms with Gasteiger partial charge in [-0.1, -0.05) is 28.8 Å². The van der Waals surface area contributed by atoms with E-state index >= 15 is 0 Å². The SMILES string of the molecule is O=C(NCCCCCCBr)C1CCSC1. The fourth-order valence-corrected chi connectivity index (χ4v) is 3.29. The van der Waals surface area contributed by atoms with E-state index in [9.17, 15) is 4.79 Å². The summed E-state index contributed by atoms with van der Waals surface area (Å²) in [6, 6.07) is 0. The lowest BCUT2D eigenvalue weighted by Gasteiger charge is -2.09. The molecular formula is C11H20BrNOS. The van der Waals surface area contributed by atoms with Crippen LogP contribution in [0, 0.1) is 5.92 Å². The normalized spacial score (nSPS) is 20.5. The number of amides is 1. The zero-order chi connectivity index (χ0) is 10.9. The number of carbonyl (C=O) groups is 1. The summed E-state index contributed by atoms with van der Waals surface area (Å²) in [4.78, 5) is 11.6. The molecule has 0 aromatic rings. The van der Waals surface area contributed by atoms with E-state index in [1.807, 2.05) is 11.8 Å². The van der Waals surface area contributed by atoms with Crippen LogP contribution in [0.15, 0.2) is 0 Å². The van der Waals surface area contributed by atoms with Crippen molar-refractivity contribution in [1.29, 1.82) is 0 Å². The van der Waals surface area contributed by atoms with Gasteiger partial charge in [0, 0.05) is 23.5 Å². The first-order valence-electron chi connectivity index (χ1n) is 5.76. The second kappa shape index (κ2) is 8.45. The van der Waals surface area contributed by atoms with Crippen LogP contribution in [0.5, 0.6) is 0 Å². The Balaban J connectivity index is 1.92. The maximum Gasteiger partial charge on any atom is 0.223 e. The Morgan fingerprint density at radius 2 is 2.13 bits per heavy atom. The van der Waals surface area contributed by atoms with Crippen molar-refractivity contribution in [1.82, 2.24) is 5.32 Å². The molecule has 1 aliphatic rings. The summed E-state index contributed by atoms with van der Waals surface area (Å²) in [6.07, 6.45) is 5.93. The largest absolute Gasteiger partial charge is 0.356 e. The van der Waals surface area contributed by atoms with Gasteiger partial charge in [0.1, 0.15) is 0 Å². The summed E-state index contributed by atoms with van der Waals surface area (Å²) in [5.74, 6) is 2.75. The van der Waals surface area contributed by atoms with Gasteiger partial charge in [-0.05, 0) is 25.0 Å². The molecule has 0 aromatic carbocycles. The van der Waals surface area contributed by atoms with Crippen molar-refractivity contribution in [3.8, 4) is 0 Å². The molecule has 1 aliphatic heterocycles. The Morgan fingerprint density at radius 1 is 1.33 bits per heavy atom. The zero-order valence-corrected chi connectivity index (χ0v) is 11.5. The highest BCUT2D eigenvalue weighted by Crippen LogP contribution is 2.23. The molecule has 4 heteroatoms. The summed E-state index contributed by atoms with van der Waals surface area (Å²) < 4.78 is 0. The number of rotatable bonds is 7. The highest BCUT2D eigenvalue weighted by atomic mass is 79.9. The number of hydrogen-bond acceptors (Lipinski definition) is 2. The zero-order valence-electron chi connectivity index (χ0n) is 9.14. The maximum absolute atomic E-state index is 11.6. The van der Waals surface area contributed by atoms with Gasteiger partial charge in [-0.3, -0.25) is 4.79 Å². The Hall–Kier alpha value is 0.300. The molecule has 1 N–H and O–H groups in total. The minimum absolute atomic E-state index is 0.278. The first-order chi connectivity index (χ1) is 7.34. The Bertz CT molecular complexity index is 183. The molecule has 0 saturated carbocycles. The van der Waals surface area contributed by atoms with Crippen LogP contribution in [0.4, 0.5) is 0 Å². The van der Waals surface area contributed by atoms with E-state index in [0.717, 1.165) is 36.2 Å². The van der Waals surface area contributed by atoms with Crippen molar-refractivity contribution in [2.24, 2.45) is 5.92 Å². The van der Waals surface area contributed by atoms with Gasteiger partial charge in [-0.15, -0.1) is 0 Å². The molecule has 0 radical (unpaired) electrons. The topological polar surface area (TPSA) is 29.1 Å². The molecule has 15 heavy (non-hydrogen) atoms. The quantitative estimate of drug-likeness (QED) is 0.578. The minimum atomic E-state index is 0.278. The van der Waals surface area contributed by atoms with Crippen LogP contribution in [-0.2, 0) is 4.79 Å². The lowest BCUT2D eigenvalue weighted by molar-refractivity contribution is -0.124. The van der Waals surface area contributed by atoms with Crippen LogP contribution in [0.3, 0.4) is 0 Å². The highest BCUT2D eigenvalue weighted by Gasteiger charge is 2.22. The van der Waals surface area contributed by atoms with Crippen molar-refractivity contribution in [3.63, 3.8) is 0 Å². The smallest absolute Gasteiger partial charge is 0.223 e. The molecule has 1 atom stereocenters. The lowest BCUT2D eigenvalue weighted by atomic mass is 10.1. The van der Waals surface area contributed by atoms with Crippen molar-refractivity contribution < 1.29 is 4.79 Å². The first-order valence-corrected chi connectivity index (χ1v) is 8.03. The van der Waals surface area contributed by atoms with Gasteiger partial charge in [-0.25, -0.2) is 0 Å². The standard InChI is InChI=1S/C11H20BrNOS/c12-6-3-1-2-4-7-13-11(14)10-5-8-15-9-10/h10H,1-9H2,(H,13,14). The Labute approximate surface area is 105 Å². The number of unbranched alkanes of at least 4 members (excludes halogenated alkanes) is 3. The molecule has 1 unspecified atom stereocenters. The monoisotopic (exact) mass is 293 g/mol. The van der Waals surface area contributed by atoms with E-state index in [1.54, 1.807) is 0 Å². The average molecular weight is 294 g/mol. The van der Waals surface area contributed by atoms with Gasteiger partial charge in [0.25, 0.3) is 0 Å². The molecule has 88 valence electrons. The number of nitrogens with one attached hydrogen (secondary N) is 1. The molecule has 2 nitrogen and oxygen atoms in total.